The Hall–Kier alpha value is -0.830. The minimum absolute atomic E-state index is 0.137. The number of carbonyl (C=O) groups excluding carboxylic acids is 1. The zero-order valence-corrected chi connectivity index (χ0v) is 7.91. The van der Waals surface area contributed by atoms with Crippen LogP contribution >= 0.6 is 0 Å². The molecule has 0 saturated heterocycles. The molecule has 0 radical (unpaired) electrons. The summed E-state index contributed by atoms with van der Waals surface area (Å²) >= 11 is 0. The predicted molar refractivity (Wildman–Crippen MR) is 52.9 cm³/mol. The summed E-state index contributed by atoms with van der Waals surface area (Å²) in [7, 11) is 0. The van der Waals surface area contributed by atoms with Crippen molar-refractivity contribution in [2.45, 2.75) is 38.1 Å². The number of carbonyl (C=O) groups is 1. The summed E-state index contributed by atoms with van der Waals surface area (Å²) in [4.78, 5) is 10.5. The van der Waals surface area contributed by atoms with E-state index in [9.17, 15) is 4.79 Å². The van der Waals surface area contributed by atoms with Gasteiger partial charge in [0.05, 0.1) is 0 Å². The molecule has 74 valence electrons. The van der Waals surface area contributed by atoms with Crippen LogP contribution in [0.3, 0.4) is 0 Å². The van der Waals surface area contributed by atoms with E-state index in [0.29, 0.717) is 12.3 Å². The molecule has 4 N–H and O–H groups in total. The lowest BCUT2D eigenvalue weighted by Gasteiger charge is -2.24. The predicted octanol–water partition coefficient (Wildman–Crippen LogP) is 0.935. The van der Waals surface area contributed by atoms with Crippen LogP contribution in [0.1, 0.15) is 32.1 Å². The highest BCUT2D eigenvalue weighted by molar-refractivity contribution is 5.73. The van der Waals surface area contributed by atoms with E-state index in [1.54, 1.807) is 0 Å². The number of rotatable bonds is 4. The first-order chi connectivity index (χ1) is 6.20. The van der Waals surface area contributed by atoms with E-state index in [4.69, 9.17) is 11.5 Å². The quantitative estimate of drug-likeness (QED) is 0.635. The van der Waals surface area contributed by atoms with E-state index < -0.39 is 0 Å². The molecule has 0 aromatic heterocycles. The molecule has 2 atom stereocenters. The molecule has 13 heavy (non-hydrogen) atoms. The monoisotopic (exact) mass is 182 g/mol. The van der Waals surface area contributed by atoms with E-state index in [1.807, 2.05) is 0 Å². The molecule has 0 fully saturated rings. The molecule has 0 aromatic rings. The van der Waals surface area contributed by atoms with Crippen molar-refractivity contribution in [3.8, 4) is 0 Å². The average molecular weight is 182 g/mol. The van der Waals surface area contributed by atoms with Crippen LogP contribution in [-0.4, -0.2) is 11.9 Å². The van der Waals surface area contributed by atoms with Gasteiger partial charge >= 0.3 is 0 Å². The number of primary amides is 1. The van der Waals surface area contributed by atoms with E-state index in [1.165, 1.54) is 0 Å². The van der Waals surface area contributed by atoms with Crippen LogP contribution in [0.2, 0.25) is 0 Å². The van der Waals surface area contributed by atoms with Crippen LogP contribution < -0.4 is 11.5 Å². The van der Waals surface area contributed by atoms with Gasteiger partial charge in [-0.1, -0.05) is 12.2 Å². The number of nitrogens with two attached hydrogens (primary N) is 2. The highest BCUT2D eigenvalue weighted by Gasteiger charge is 2.18. The molecule has 0 bridgehead atoms. The fraction of sp³-hybridized carbons (Fsp3) is 0.700. The molecule has 1 aliphatic rings. The van der Waals surface area contributed by atoms with E-state index >= 15 is 0 Å². The van der Waals surface area contributed by atoms with Crippen molar-refractivity contribution in [1.29, 1.82) is 0 Å². The minimum Gasteiger partial charge on any atom is -0.370 e. The molecule has 1 aliphatic carbocycles. The number of hydrogen-bond acceptors (Lipinski definition) is 2. The lowest BCUT2D eigenvalue weighted by Crippen LogP contribution is -2.32. The second-order valence-corrected chi connectivity index (χ2v) is 3.71. The Bertz CT molecular complexity index is 201. The van der Waals surface area contributed by atoms with Gasteiger partial charge < -0.3 is 11.5 Å². The summed E-state index contributed by atoms with van der Waals surface area (Å²) in [5.41, 5.74) is 11.0. The van der Waals surface area contributed by atoms with Crippen molar-refractivity contribution >= 4 is 5.91 Å². The highest BCUT2D eigenvalue weighted by Crippen LogP contribution is 2.22. The summed E-state index contributed by atoms with van der Waals surface area (Å²) in [5.74, 6) is 0.297. The molecule has 0 saturated carbocycles. The van der Waals surface area contributed by atoms with Gasteiger partial charge in [-0.3, -0.25) is 4.79 Å². The first kappa shape index (κ1) is 10.3. The van der Waals surface area contributed by atoms with Gasteiger partial charge in [-0.25, -0.2) is 0 Å². The summed E-state index contributed by atoms with van der Waals surface area (Å²) in [6.07, 6.45) is 8.84. The summed E-state index contributed by atoms with van der Waals surface area (Å²) < 4.78 is 0. The Morgan fingerprint density at radius 2 is 2.31 bits per heavy atom. The fourth-order valence-electron chi connectivity index (χ4n) is 1.75. The van der Waals surface area contributed by atoms with Crippen molar-refractivity contribution in [1.82, 2.24) is 0 Å². The van der Waals surface area contributed by atoms with Gasteiger partial charge in [0.15, 0.2) is 0 Å². The maximum absolute atomic E-state index is 10.5. The van der Waals surface area contributed by atoms with Crippen LogP contribution in [-0.2, 0) is 4.79 Å². The molecule has 0 heterocycles. The summed E-state index contributed by atoms with van der Waals surface area (Å²) in [6, 6.07) is 0.137. The molecule has 0 aromatic carbocycles. The molecular weight excluding hydrogens is 164 g/mol. The maximum atomic E-state index is 10.5. The Labute approximate surface area is 79.2 Å². The van der Waals surface area contributed by atoms with Gasteiger partial charge in [0.1, 0.15) is 0 Å². The Kier molecular flexibility index (Phi) is 3.96. The summed E-state index contributed by atoms with van der Waals surface area (Å²) in [6.45, 7) is 0. The summed E-state index contributed by atoms with van der Waals surface area (Å²) in [5, 5.41) is 0. The molecule has 3 nitrogen and oxygen atoms in total. The Balaban J connectivity index is 2.25. The lowest BCUT2D eigenvalue weighted by molar-refractivity contribution is -0.118. The normalized spacial score (nSPS) is 24.2. The molecule has 0 spiro atoms. The zero-order chi connectivity index (χ0) is 9.68. The van der Waals surface area contributed by atoms with E-state index in [-0.39, 0.29) is 11.9 Å². The maximum Gasteiger partial charge on any atom is 0.217 e. The van der Waals surface area contributed by atoms with Crippen molar-refractivity contribution in [3.05, 3.63) is 12.2 Å². The van der Waals surface area contributed by atoms with Crippen LogP contribution in [0.25, 0.3) is 0 Å². The van der Waals surface area contributed by atoms with Crippen molar-refractivity contribution in [3.63, 3.8) is 0 Å². The standard InChI is InChI=1S/C10H18N2O/c11-9(6-7-10(12)13)8-4-2-1-3-5-8/h1-2,8-9H,3-7,11H2,(H2,12,13). The third kappa shape index (κ3) is 3.59. The molecule has 0 aliphatic heterocycles. The molecule has 1 rings (SSSR count). The van der Waals surface area contributed by atoms with Crippen LogP contribution in [0.15, 0.2) is 12.2 Å². The van der Waals surface area contributed by atoms with E-state index in [2.05, 4.69) is 12.2 Å². The smallest absolute Gasteiger partial charge is 0.217 e. The zero-order valence-electron chi connectivity index (χ0n) is 7.91. The first-order valence-corrected chi connectivity index (χ1v) is 4.89. The lowest BCUT2D eigenvalue weighted by atomic mass is 9.86. The average Bonchev–Trinajstić information content (AvgIpc) is 2.15. The van der Waals surface area contributed by atoms with Gasteiger partial charge in [0.25, 0.3) is 0 Å². The molecular formula is C10H18N2O. The van der Waals surface area contributed by atoms with Crippen LogP contribution in [0.5, 0.6) is 0 Å². The van der Waals surface area contributed by atoms with Crippen molar-refractivity contribution in [2.24, 2.45) is 17.4 Å². The van der Waals surface area contributed by atoms with Gasteiger partial charge in [-0.2, -0.15) is 0 Å². The topological polar surface area (TPSA) is 69.1 Å². The number of hydrogen-bond donors (Lipinski definition) is 2. The highest BCUT2D eigenvalue weighted by atomic mass is 16.1. The van der Waals surface area contributed by atoms with Crippen molar-refractivity contribution in [2.75, 3.05) is 0 Å². The molecule has 3 heteroatoms. The first-order valence-electron chi connectivity index (χ1n) is 4.89. The molecule has 2 unspecified atom stereocenters. The number of amides is 1. The van der Waals surface area contributed by atoms with Crippen LogP contribution in [0.4, 0.5) is 0 Å². The third-order valence-electron chi connectivity index (χ3n) is 2.64. The Morgan fingerprint density at radius 3 is 2.85 bits per heavy atom. The largest absolute Gasteiger partial charge is 0.370 e. The van der Waals surface area contributed by atoms with Crippen molar-refractivity contribution < 1.29 is 4.79 Å². The van der Waals surface area contributed by atoms with Crippen LogP contribution in [0, 0.1) is 5.92 Å². The minimum atomic E-state index is -0.248. The SMILES string of the molecule is NC(=O)CCC(N)C1CC=CCC1. The van der Waals surface area contributed by atoms with E-state index in [0.717, 1.165) is 25.7 Å². The third-order valence-corrected chi connectivity index (χ3v) is 2.64. The van der Waals surface area contributed by atoms with Gasteiger partial charge in [-0.15, -0.1) is 0 Å². The van der Waals surface area contributed by atoms with Gasteiger partial charge in [0, 0.05) is 12.5 Å². The number of allylic oxidation sites excluding steroid dienone is 2. The molecule has 1 amide bonds. The van der Waals surface area contributed by atoms with Gasteiger partial charge in [0.2, 0.25) is 5.91 Å². The fourth-order valence-corrected chi connectivity index (χ4v) is 1.75. The second kappa shape index (κ2) is 5.02. The Morgan fingerprint density at radius 1 is 1.54 bits per heavy atom. The van der Waals surface area contributed by atoms with Gasteiger partial charge in [-0.05, 0) is 31.6 Å². The second-order valence-electron chi connectivity index (χ2n) is 3.71.